The molecule has 0 N–H and O–H groups in total. The zero-order chi connectivity index (χ0) is 8.84. The van der Waals surface area contributed by atoms with Gasteiger partial charge in [0.25, 0.3) is 0 Å². The van der Waals surface area contributed by atoms with Gasteiger partial charge in [0.1, 0.15) is 4.60 Å². The normalized spacial score (nSPS) is 22.8. The number of rotatable bonds is 0. The Bertz CT molecular complexity index is 437. The molecule has 1 aromatic heterocycles. The molecule has 1 aromatic rings. The van der Waals surface area contributed by atoms with E-state index in [-0.39, 0.29) is 0 Å². The van der Waals surface area contributed by atoms with Gasteiger partial charge in [0.05, 0.1) is 0 Å². The van der Waals surface area contributed by atoms with Crippen LogP contribution in [0.1, 0.15) is 11.5 Å². The Hall–Kier alpha value is -0.540. The highest BCUT2D eigenvalue weighted by Gasteiger charge is 2.29. The van der Waals surface area contributed by atoms with Crippen LogP contribution in [-0.4, -0.2) is 4.98 Å². The minimum absolute atomic E-state index is 0.499. The quantitative estimate of drug-likeness (QED) is 0.655. The summed E-state index contributed by atoms with van der Waals surface area (Å²) in [5.74, 6) is 0.499. The van der Waals surface area contributed by atoms with Gasteiger partial charge in [0.2, 0.25) is 0 Å². The van der Waals surface area contributed by atoms with E-state index in [2.05, 4.69) is 45.2 Å². The molecule has 0 fully saturated rings. The Kier molecular flexibility index (Phi) is 1.64. The summed E-state index contributed by atoms with van der Waals surface area (Å²) in [6, 6.07) is 2.11. The van der Waals surface area contributed by atoms with Crippen molar-refractivity contribution < 1.29 is 0 Å². The number of halogens is 1. The second-order valence-corrected chi connectivity index (χ2v) is 4.89. The summed E-state index contributed by atoms with van der Waals surface area (Å²) in [4.78, 5) is 6.92. The molecular weight excluding hydrogens is 246 g/mol. The van der Waals surface area contributed by atoms with Gasteiger partial charge in [0.15, 0.2) is 0 Å². The van der Waals surface area contributed by atoms with Gasteiger partial charge in [0, 0.05) is 21.9 Å². The van der Waals surface area contributed by atoms with Crippen molar-refractivity contribution in [3.8, 4) is 0 Å². The van der Waals surface area contributed by atoms with Crippen LogP contribution in [0.3, 0.4) is 0 Å². The van der Waals surface area contributed by atoms with E-state index in [4.69, 9.17) is 0 Å². The summed E-state index contributed by atoms with van der Waals surface area (Å²) in [5.41, 5.74) is 1.38. The van der Waals surface area contributed by atoms with Crippen molar-refractivity contribution in [1.82, 2.24) is 4.98 Å². The predicted molar refractivity (Wildman–Crippen MR) is 57.8 cm³/mol. The lowest BCUT2D eigenvalue weighted by Crippen LogP contribution is -1.88. The average Bonchev–Trinajstić information content (AvgIpc) is 2.65. The fourth-order valence-electron chi connectivity index (χ4n) is 1.71. The van der Waals surface area contributed by atoms with Crippen molar-refractivity contribution in [2.75, 3.05) is 0 Å². The van der Waals surface area contributed by atoms with Gasteiger partial charge in [-0.3, -0.25) is 0 Å². The first-order chi connectivity index (χ1) is 6.36. The third-order valence-corrected chi connectivity index (χ3v) is 4.44. The van der Waals surface area contributed by atoms with Gasteiger partial charge >= 0.3 is 0 Å². The molecule has 0 bridgehead atoms. The van der Waals surface area contributed by atoms with Crippen LogP contribution in [0.4, 0.5) is 0 Å². The molecule has 0 amide bonds. The third kappa shape index (κ3) is 1.04. The molecule has 13 heavy (non-hydrogen) atoms. The van der Waals surface area contributed by atoms with Gasteiger partial charge in [-0.05, 0) is 27.6 Å². The number of nitrogens with zero attached hydrogens (tertiary/aromatic N) is 1. The molecule has 1 atom stereocenters. The highest BCUT2D eigenvalue weighted by molar-refractivity contribution is 9.10. The molecule has 1 unspecified atom stereocenters. The van der Waals surface area contributed by atoms with Crippen LogP contribution >= 0.6 is 27.7 Å². The topological polar surface area (TPSA) is 12.9 Å². The van der Waals surface area contributed by atoms with Crippen LogP contribution in [0.15, 0.2) is 44.9 Å². The Balaban J connectivity index is 2.24. The predicted octanol–water partition coefficient (Wildman–Crippen LogP) is 3.49. The zero-order valence-electron chi connectivity index (χ0n) is 6.70. The van der Waals surface area contributed by atoms with Gasteiger partial charge in [-0.15, -0.1) is 0 Å². The molecule has 1 aliphatic heterocycles. The molecule has 0 spiro atoms. The first kappa shape index (κ1) is 7.83. The number of fused-ring (bicyclic) bond motifs is 3. The summed E-state index contributed by atoms with van der Waals surface area (Å²) in [7, 11) is 0. The van der Waals surface area contributed by atoms with Crippen LogP contribution in [0.5, 0.6) is 0 Å². The van der Waals surface area contributed by atoms with Crippen molar-refractivity contribution in [1.29, 1.82) is 0 Å². The SMILES string of the molecule is Brc1nccc2c1SC1=CC=CC12. The lowest BCUT2D eigenvalue weighted by molar-refractivity contribution is 1.02. The second-order valence-electron chi connectivity index (χ2n) is 3.05. The van der Waals surface area contributed by atoms with E-state index < -0.39 is 0 Å². The van der Waals surface area contributed by atoms with Gasteiger partial charge in [-0.1, -0.05) is 30.0 Å². The highest BCUT2D eigenvalue weighted by Crippen LogP contribution is 2.52. The Morgan fingerprint density at radius 3 is 3.31 bits per heavy atom. The Morgan fingerprint density at radius 2 is 2.38 bits per heavy atom. The van der Waals surface area contributed by atoms with Crippen LogP contribution in [-0.2, 0) is 0 Å². The zero-order valence-corrected chi connectivity index (χ0v) is 9.10. The highest BCUT2D eigenvalue weighted by atomic mass is 79.9. The van der Waals surface area contributed by atoms with Crippen molar-refractivity contribution in [3.05, 3.63) is 45.6 Å². The standard InChI is InChI=1S/C10H6BrNS/c11-10-9-7(4-5-12-10)6-2-1-3-8(6)13-9/h1-6H. The fourth-order valence-corrected chi connectivity index (χ4v) is 3.47. The van der Waals surface area contributed by atoms with Crippen molar-refractivity contribution in [3.63, 3.8) is 0 Å². The van der Waals surface area contributed by atoms with Crippen molar-refractivity contribution >= 4 is 27.7 Å². The molecule has 0 saturated heterocycles. The van der Waals surface area contributed by atoms with Crippen LogP contribution in [0.25, 0.3) is 0 Å². The maximum Gasteiger partial charge on any atom is 0.120 e. The van der Waals surface area contributed by atoms with Crippen molar-refractivity contribution in [2.45, 2.75) is 10.8 Å². The summed E-state index contributed by atoms with van der Waals surface area (Å²) >= 11 is 5.29. The molecule has 1 aliphatic carbocycles. The molecule has 3 heteroatoms. The molecule has 2 heterocycles. The molecule has 1 nitrogen and oxygen atoms in total. The van der Waals surface area contributed by atoms with Crippen LogP contribution < -0.4 is 0 Å². The van der Waals surface area contributed by atoms with E-state index in [9.17, 15) is 0 Å². The Morgan fingerprint density at radius 1 is 1.46 bits per heavy atom. The lowest BCUT2D eigenvalue weighted by atomic mass is 10.0. The minimum atomic E-state index is 0.499. The summed E-state index contributed by atoms with van der Waals surface area (Å²) in [6.45, 7) is 0. The molecule has 3 rings (SSSR count). The van der Waals surface area contributed by atoms with Crippen LogP contribution in [0.2, 0.25) is 0 Å². The number of aromatic nitrogens is 1. The van der Waals surface area contributed by atoms with Crippen molar-refractivity contribution in [2.24, 2.45) is 0 Å². The minimum Gasteiger partial charge on any atom is -0.248 e. The Labute approximate surface area is 89.1 Å². The molecule has 0 saturated carbocycles. The molecule has 0 radical (unpaired) electrons. The number of hydrogen-bond donors (Lipinski definition) is 0. The molecule has 2 aliphatic rings. The largest absolute Gasteiger partial charge is 0.248 e. The smallest absolute Gasteiger partial charge is 0.120 e. The lowest BCUT2D eigenvalue weighted by Gasteiger charge is -2.02. The molecule has 0 aromatic carbocycles. The summed E-state index contributed by atoms with van der Waals surface area (Å²) < 4.78 is 0.971. The second kappa shape index (κ2) is 2.72. The maximum absolute atomic E-state index is 4.22. The van der Waals surface area contributed by atoms with Crippen LogP contribution in [0, 0.1) is 0 Å². The van der Waals surface area contributed by atoms with E-state index in [0.717, 1.165) is 4.60 Å². The maximum atomic E-state index is 4.22. The first-order valence-electron chi connectivity index (χ1n) is 4.07. The van der Waals surface area contributed by atoms with E-state index in [1.54, 1.807) is 0 Å². The number of hydrogen-bond acceptors (Lipinski definition) is 2. The number of pyridine rings is 1. The number of thioether (sulfide) groups is 1. The molecule has 64 valence electrons. The third-order valence-electron chi connectivity index (χ3n) is 2.32. The van der Waals surface area contributed by atoms with Gasteiger partial charge in [-0.25, -0.2) is 4.98 Å². The summed E-state index contributed by atoms with van der Waals surface area (Å²) in [5, 5.41) is 0. The van der Waals surface area contributed by atoms with E-state index in [1.165, 1.54) is 15.4 Å². The van der Waals surface area contributed by atoms with Gasteiger partial charge < -0.3 is 0 Å². The first-order valence-corrected chi connectivity index (χ1v) is 5.68. The average molecular weight is 252 g/mol. The fraction of sp³-hybridized carbons (Fsp3) is 0.100. The van der Waals surface area contributed by atoms with E-state index in [0.29, 0.717) is 5.92 Å². The van der Waals surface area contributed by atoms with E-state index >= 15 is 0 Å². The number of allylic oxidation sites excluding steroid dienone is 4. The molecular formula is C10H6BrNS. The van der Waals surface area contributed by atoms with E-state index in [1.807, 2.05) is 18.0 Å². The monoisotopic (exact) mass is 251 g/mol. The summed E-state index contributed by atoms with van der Waals surface area (Å²) in [6.07, 6.45) is 8.41. The van der Waals surface area contributed by atoms with Gasteiger partial charge in [-0.2, -0.15) is 0 Å².